The number of amides is 2. The fraction of sp³-hybridized carbons (Fsp3) is 0.286. The molecule has 2 amide bonds. The van der Waals surface area contributed by atoms with Crippen molar-refractivity contribution in [3.05, 3.63) is 53.6 Å². The Balaban J connectivity index is 1.48. The van der Waals surface area contributed by atoms with Gasteiger partial charge in [0, 0.05) is 24.2 Å². The zero-order chi connectivity index (χ0) is 19.7. The average Bonchev–Trinajstić information content (AvgIpc) is 3.28. The minimum absolute atomic E-state index is 0.0599. The van der Waals surface area contributed by atoms with Gasteiger partial charge in [0.15, 0.2) is 17.3 Å². The maximum absolute atomic E-state index is 12.8. The van der Waals surface area contributed by atoms with Gasteiger partial charge < -0.3 is 19.7 Å². The molecule has 144 valence electrons. The molecule has 1 N–H and O–H groups in total. The molecule has 1 fully saturated rings. The van der Waals surface area contributed by atoms with Crippen molar-refractivity contribution < 1.29 is 23.9 Å². The summed E-state index contributed by atoms with van der Waals surface area (Å²) in [4.78, 5) is 38.3. The number of rotatable bonds is 5. The molecule has 0 radical (unpaired) electrons. The molecule has 1 saturated heterocycles. The summed E-state index contributed by atoms with van der Waals surface area (Å²) in [6.45, 7) is 1.98. The van der Waals surface area contributed by atoms with E-state index < -0.39 is 6.04 Å². The summed E-state index contributed by atoms with van der Waals surface area (Å²) in [5, 5.41) is 2.83. The molecule has 2 heterocycles. The molecular weight excluding hydrogens is 360 g/mol. The van der Waals surface area contributed by atoms with Crippen LogP contribution in [0.1, 0.15) is 35.7 Å². The van der Waals surface area contributed by atoms with Gasteiger partial charge in [0.2, 0.25) is 18.6 Å². The smallest absolute Gasteiger partial charge is 0.247 e. The molecular formula is C21H20N2O5. The first-order chi connectivity index (χ1) is 13.5. The lowest BCUT2D eigenvalue weighted by molar-refractivity contribution is -0.133. The third-order valence-electron chi connectivity index (χ3n) is 4.96. The van der Waals surface area contributed by atoms with E-state index in [1.165, 1.54) is 6.92 Å². The van der Waals surface area contributed by atoms with Crippen molar-refractivity contribution in [2.75, 3.05) is 12.1 Å². The van der Waals surface area contributed by atoms with Crippen molar-refractivity contribution in [3.8, 4) is 11.5 Å². The molecule has 2 aromatic carbocycles. The average molecular weight is 380 g/mol. The summed E-state index contributed by atoms with van der Waals surface area (Å²) in [6, 6.07) is 11.7. The number of ketones is 1. The molecule has 7 heteroatoms. The molecule has 0 aromatic heterocycles. The number of Topliss-reactive ketones (excluding diaryl/α,β-unsaturated/α-hetero) is 1. The summed E-state index contributed by atoms with van der Waals surface area (Å²) in [5.74, 6) is 0.932. The van der Waals surface area contributed by atoms with Crippen molar-refractivity contribution in [1.82, 2.24) is 4.90 Å². The van der Waals surface area contributed by atoms with Crippen LogP contribution in [0.25, 0.3) is 0 Å². The van der Waals surface area contributed by atoms with E-state index in [1.54, 1.807) is 35.2 Å². The predicted molar refractivity (Wildman–Crippen MR) is 101 cm³/mol. The van der Waals surface area contributed by atoms with Crippen LogP contribution in [0.5, 0.6) is 11.5 Å². The van der Waals surface area contributed by atoms with Gasteiger partial charge in [-0.05, 0) is 43.2 Å². The number of anilines is 1. The Kier molecular flexibility index (Phi) is 4.73. The number of ether oxygens (including phenoxy) is 2. The van der Waals surface area contributed by atoms with Crippen LogP contribution in [-0.4, -0.2) is 35.3 Å². The summed E-state index contributed by atoms with van der Waals surface area (Å²) in [7, 11) is 0. The van der Waals surface area contributed by atoms with Crippen molar-refractivity contribution in [3.63, 3.8) is 0 Å². The van der Waals surface area contributed by atoms with Gasteiger partial charge in [0.1, 0.15) is 6.04 Å². The number of carbonyl (C=O) groups excluding carboxylic acids is 3. The molecule has 4 rings (SSSR count). The largest absolute Gasteiger partial charge is 0.454 e. The zero-order valence-electron chi connectivity index (χ0n) is 15.4. The van der Waals surface area contributed by atoms with E-state index in [2.05, 4.69) is 5.32 Å². The Morgan fingerprint density at radius 1 is 1.14 bits per heavy atom. The SMILES string of the molecule is CC(=O)c1cccc(NC(=O)C2CCC(=O)N2Cc2ccc3c(c2)OCO3)c1. The second kappa shape index (κ2) is 7.34. The van der Waals surface area contributed by atoms with E-state index in [0.717, 1.165) is 5.56 Å². The first-order valence-corrected chi connectivity index (χ1v) is 9.11. The molecule has 1 unspecified atom stereocenters. The Morgan fingerprint density at radius 3 is 2.79 bits per heavy atom. The van der Waals surface area contributed by atoms with E-state index >= 15 is 0 Å². The van der Waals surface area contributed by atoms with Crippen LogP contribution in [-0.2, 0) is 16.1 Å². The normalized spacial score (nSPS) is 17.7. The lowest BCUT2D eigenvalue weighted by Gasteiger charge is -2.24. The van der Waals surface area contributed by atoms with Crippen LogP contribution in [0.2, 0.25) is 0 Å². The van der Waals surface area contributed by atoms with Gasteiger partial charge in [0.25, 0.3) is 0 Å². The lowest BCUT2D eigenvalue weighted by atomic mass is 10.1. The standard InChI is InChI=1S/C21H20N2O5/c1-13(24)15-3-2-4-16(10-15)22-21(26)17-6-8-20(25)23(17)11-14-5-7-18-19(9-14)28-12-27-18/h2-5,7,9-10,17H,6,8,11-12H2,1H3,(H,22,26). The highest BCUT2D eigenvalue weighted by Gasteiger charge is 2.36. The minimum atomic E-state index is -0.557. The Bertz CT molecular complexity index is 956. The maximum atomic E-state index is 12.8. The van der Waals surface area contributed by atoms with E-state index in [1.807, 2.05) is 12.1 Å². The second-order valence-electron chi connectivity index (χ2n) is 6.89. The van der Waals surface area contributed by atoms with Crippen molar-refractivity contribution in [1.29, 1.82) is 0 Å². The number of hydrogen-bond donors (Lipinski definition) is 1. The van der Waals surface area contributed by atoms with Crippen LogP contribution in [0, 0.1) is 0 Å². The number of carbonyl (C=O) groups is 3. The Labute approximate surface area is 162 Å². The van der Waals surface area contributed by atoms with Crippen molar-refractivity contribution >= 4 is 23.3 Å². The number of nitrogens with zero attached hydrogens (tertiary/aromatic N) is 1. The van der Waals surface area contributed by atoms with Gasteiger partial charge in [-0.3, -0.25) is 14.4 Å². The molecule has 2 aliphatic rings. The third-order valence-corrected chi connectivity index (χ3v) is 4.96. The van der Waals surface area contributed by atoms with E-state index in [4.69, 9.17) is 9.47 Å². The topological polar surface area (TPSA) is 84.9 Å². The molecule has 2 aromatic rings. The van der Waals surface area contributed by atoms with Crippen LogP contribution in [0.4, 0.5) is 5.69 Å². The Morgan fingerprint density at radius 2 is 1.96 bits per heavy atom. The summed E-state index contributed by atoms with van der Waals surface area (Å²) >= 11 is 0. The number of hydrogen-bond acceptors (Lipinski definition) is 5. The highest BCUT2D eigenvalue weighted by atomic mass is 16.7. The minimum Gasteiger partial charge on any atom is -0.454 e. The van der Waals surface area contributed by atoms with Crippen LogP contribution in [0.3, 0.4) is 0 Å². The van der Waals surface area contributed by atoms with Gasteiger partial charge in [0.05, 0.1) is 0 Å². The van der Waals surface area contributed by atoms with Gasteiger partial charge in [-0.25, -0.2) is 0 Å². The van der Waals surface area contributed by atoms with Gasteiger partial charge >= 0.3 is 0 Å². The molecule has 0 bridgehead atoms. The Hall–Kier alpha value is -3.35. The monoisotopic (exact) mass is 380 g/mol. The zero-order valence-corrected chi connectivity index (χ0v) is 15.4. The summed E-state index contributed by atoms with van der Waals surface area (Å²) in [5.41, 5.74) is 1.94. The molecule has 1 atom stereocenters. The fourth-order valence-electron chi connectivity index (χ4n) is 3.48. The number of benzene rings is 2. The first kappa shape index (κ1) is 18.0. The third kappa shape index (κ3) is 3.55. The molecule has 7 nitrogen and oxygen atoms in total. The molecule has 2 aliphatic heterocycles. The number of nitrogens with one attached hydrogen (secondary N) is 1. The lowest BCUT2D eigenvalue weighted by Crippen LogP contribution is -2.41. The molecule has 0 aliphatic carbocycles. The number of likely N-dealkylation sites (tertiary alicyclic amines) is 1. The quantitative estimate of drug-likeness (QED) is 0.807. The van der Waals surface area contributed by atoms with Crippen LogP contribution < -0.4 is 14.8 Å². The predicted octanol–water partition coefficient (Wildman–Crippen LogP) is 2.75. The summed E-state index contributed by atoms with van der Waals surface area (Å²) in [6.07, 6.45) is 0.789. The van der Waals surface area contributed by atoms with Gasteiger partial charge in [-0.2, -0.15) is 0 Å². The highest BCUT2D eigenvalue weighted by molar-refractivity contribution is 6.00. The van der Waals surface area contributed by atoms with Crippen molar-refractivity contribution in [2.45, 2.75) is 32.4 Å². The summed E-state index contributed by atoms with van der Waals surface area (Å²) < 4.78 is 10.7. The second-order valence-corrected chi connectivity index (χ2v) is 6.89. The number of fused-ring (bicyclic) bond motifs is 1. The van der Waals surface area contributed by atoms with Crippen LogP contribution in [0.15, 0.2) is 42.5 Å². The maximum Gasteiger partial charge on any atom is 0.247 e. The highest BCUT2D eigenvalue weighted by Crippen LogP contribution is 2.33. The fourth-order valence-corrected chi connectivity index (χ4v) is 3.48. The molecule has 28 heavy (non-hydrogen) atoms. The molecule has 0 saturated carbocycles. The first-order valence-electron chi connectivity index (χ1n) is 9.11. The molecule has 0 spiro atoms. The van der Waals surface area contributed by atoms with E-state index in [0.29, 0.717) is 42.1 Å². The van der Waals surface area contributed by atoms with E-state index in [9.17, 15) is 14.4 Å². The van der Waals surface area contributed by atoms with Crippen molar-refractivity contribution in [2.24, 2.45) is 0 Å². The van der Waals surface area contributed by atoms with Gasteiger partial charge in [-0.1, -0.05) is 18.2 Å². The van der Waals surface area contributed by atoms with Gasteiger partial charge in [-0.15, -0.1) is 0 Å². The van der Waals surface area contributed by atoms with E-state index in [-0.39, 0.29) is 24.4 Å². The van der Waals surface area contributed by atoms with Crippen LogP contribution >= 0.6 is 0 Å².